The monoisotopic (exact) mass is 303 g/mol. The summed E-state index contributed by atoms with van der Waals surface area (Å²) in [5.74, 6) is -0.402. The summed E-state index contributed by atoms with van der Waals surface area (Å²) in [6.45, 7) is 4.78. The van der Waals surface area contributed by atoms with E-state index in [1.807, 2.05) is 0 Å². The molecule has 0 spiro atoms. The van der Waals surface area contributed by atoms with Gasteiger partial charge in [-0.05, 0) is 43.2 Å². The van der Waals surface area contributed by atoms with Gasteiger partial charge in [0.1, 0.15) is 0 Å². The van der Waals surface area contributed by atoms with Crippen LogP contribution in [0.15, 0.2) is 36.4 Å². The van der Waals surface area contributed by atoms with Gasteiger partial charge in [0.2, 0.25) is 0 Å². The van der Waals surface area contributed by atoms with Crippen molar-refractivity contribution in [2.45, 2.75) is 20.4 Å². The molecule has 1 N–H and O–H groups in total. The molecule has 0 radical (unpaired) electrons. The lowest BCUT2D eigenvalue weighted by Crippen LogP contribution is -2.09. The molecule has 0 aliphatic carbocycles. The van der Waals surface area contributed by atoms with Crippen LogP contribution in [0.4, 0.5) is 5.69 Å². The number of hydrogen-bond donors (Lipinski definition) is 1. The molecular weight excluding hydrogens is 286 g/mol. The third-order valence-corrected chi connectivity index (χ3v) is 3.59. The van der Waals surface area contributed by atoms with Gasteiger partial charge in [-0.3, -0.25) is 0 Å². The lowest BCUT2D eigenvalue weighted by molar-refractivity contribution is 0.0602. The lowest BCUT2D eigenvalue weighted by Gasteiger charge is -2.13. The first kappa shape index (κ1) is 15.4. The highest BCUT2D eigenvalue weighted by Crippen LogP contribution is 2.22. The summed E-state index contributed by atoms with van der Waals surface area (Å²) < 4.78 is 4.79. The molecule has 0 fully saturated rings. The van der Waals surface area contributed by atoms with Gasteiger partial charge in [0.15, 0.2) is 0 Å². The van der Waals surface area contributed by atoms with Gasteiger partial charge in [-0.1, -0.05) is 35.4 Å². The number of ether oxygens (including phenoxy) is 1. The zero-order valence-electron chi connectivity index (χ0n) is 12.4. The van der Waals surface area contributed by atoms with Crippen molar-refractivity contribution in [3.8, 4) is 0 Å². The molecule has 0 atom stereocenters. The van der Waals surface area contributed by atoms with Gasteiger partial charge in [0, 0.05) is 17.3 Å². The SMILES string of the molecule is COC(=O)c1cc(Cl)ccc1NCc1ccc(C)cc1C. The number of esters is 1. The molecular formula is C17H18ClNO2. The first-order valence-corrected chi connectivity index (χ1v) is 7.07. The molecule has 0 bridgehead atoms. The molecule has 21 heavy (non-hydrogen) atoms. The Hall–Kier alpha value is -2.00. The van der Waals surface area contributed by atoms with E-state index >= 15 is 0 Å². The smallest absolute Gasteiger partial charge is 0.340 e. The summed E-state index contributed by atoms with van der Waals surface area (Å²) in [6, 6.07) is 11.5. The Kier molecular flexibility index (Phi) is 4.86. The summed E-state index contributed by atoms with van der Waals surface area (Å²) in [4.78, 5) is 11.8. The normalized spacial score (nSPS) is 10.3. The van der Waals surface area contributed by atoms with Crippen molar-refractivity contribution in [2.24, 2.45) is 0 Å². The van der Waals surface area contributed by atoms with Crippen LogP contribution in [0.1, 0.15) is 27.0 Å². The number of carbonyl (C=O) groups is 1. The molecule has 0 amide bonds. The molecule has 0 saturated heterocycles. The van der Waals surface area contributed by atoms with Crippen LogP contribution in [-0.4, -0.2) is 13.1 Å². The van der Waals surface area contributed by atoms with E-state index in [4.69, 9.17) is 16.3 Å². The standard InChI is InChI=1S/C17H18ClNO2/c1-11-4-5-13(12(2)8-11)10-19-16-7-6-14(18)9-15(16)17(20)21-3/h4-9,19H,10H2,1-3H3. The number of methoxy groups -OCH3 is 1. The first-order chi connectivity index (χ1) is 10.0. The molecule has 110 valence electrons. The number of hydrogen-bond acceptors (Lipinski definition) is 3. The summed E-state index contributed by atoms with van der Waals surface area (Å²) in [6.07, 6.45) is 0. The number of halogens is 1. The lowest BCUT2D eigenvalue weighted by atomic mass is 10.1. The minimum atomic E-state index is -0.402. The molecule has 2 rings (SSSR count). The third kappa shape index (κ3) is 3.76. The van der Waals surface area contributed by atoms with Crippen molar-refractivity contribution in [3.63, 3.8) is 0 Å². The molecule has 0 heterocycles. The highest BCUT2D eigenvalue weighted by atomic mass is 35.5. The minimum Gasteiger partial charge on any atom is -0.465 e. The summed E-state index contributed by atoms with van der Waals surface area (Å²) in [5, 5.41) is 3.78. The minimum absolute atomic E-state index is 0.402. The van der Waals surface area contributed by atoms with E-state index in [2.05, 4.69) is 37.4 Å². The summed E-state index contributed by atoms with van der Waals surface area (Å²) in [5.41, 5.74) is 4.79. The van der Waals surface area contributed by atoms with Gasteiger partial charge in [-0.2, -0.15) is 0 Å². The maximum absolute atomic E-state index is 11.8. The van der Waals surface area contributed by atoms with Crippen LogP contribution >= 0.6 is 11.6 Å². The van der Waals surface area contributed by atoms with Crippen molar-refractivity contribution < 1.29 is 9.53 Å². The largest absolute Gasteiger partial charge is 0.465 e. The molecule has 0 saturated carbocycles. The molecule has 2 aromatic rings. The molecule has 3 nitrogen and oxygen atoms in total. The van der Waals surface area contributed by atoms with Crippen LogP contribution in [0.5, 0.6) is 0 Å². The number of rotatable bonds is 4. The Bertz CT molecular complexity index is 668. The average Bonchev–Trinajstić information content (AvgIpc) is 2.46. The second-order valence-electron chi connectivity index (χ2n) is 4.96. The number of anilines is 1. The van der Waals surface area contributed by atoms with Crippen molar-refractivity contribution in [1.82, 2.24) is 0 Å². The maximum atomic E-state index is 11.8. The third-order valence-electron chi connectivity index (χ3n) is 3.35. The number of carbonyl (C=O) groups excluding carboxylic acids is 1. The van der Waals surface area contributed by atoms with E-state index in [0.29, 0.717) is 22.8 Å². The predicted molar refractivity (Wildman–Crippen MR) is 86.0 cm³/mol. The fourth-order valence-electron chi connectivity index (χ4n) is 2.18. The Labute approximate surface area is 129 Å². The fourth-order valence-corrected chi connectivity index (χ4v) is 2.36. The zero-order chi connectivity index (χ0) is 15.4. The van der Waals surface area contributed by atoms with E-state index in [0.717, 1.165) is 0 Å². The van der Waals surface area contributed by atoms with Gasteiger partial charge in [-0.15, -0.1) is 0 Å². The van der Waals surface area contributed by atoms with Crippen molar-refractivity contribution in [2.75, 3.05) is 12.4 Å². The Balaban J connectivity index is 2.21. The van der Waals surface area contributed by atoms with Crippen molar-refractivity contribution in [3.05, 3.63) is 63.7 Å². The number of aryl methyl sites for hydroxylation is 2. The van der Waals surface area contributed by atoms with Crippen LogP contribution in [0.3, 0.4) is 0 Å². The van der Waals surface area contributed by atoms with Crippen molar-refractivity contribution >= 4 is 23.3 Å². The van der Waals surface area contributed by atoms with Crippen LogP contribution in [0.25, 0.3) is 0 Å². The second-order valence-corrected chi connectivity index (χ2v) is 5.40. The highest BCUT2D eigenvalue weighted by molar-refractivity contribution is 6.31. The van der Waals surface area contributed by atoms with Gasteiger partial charge in [0.25, 0.3) is 0 Å². The first-order valence-electron chi connectivity index (χ1n) is 6.69. The Morgan fingerprint density at radius 2 is 1.95 bits per heavy atom. The fraction of sp³-hybridized carbons (Fsp3) is 0.235. The van der Waals surface area contributed by atoms with Crippen LogP contribution < -0.4 is 5.32 Å². The summed E-state index contributed by atoms with van der Waals surface area (Å²) >= 11 is 5.94. The van der Waals surface area contributed by atoms with E-state index in [1.54, 1.807) is 18.2 Å². The van der Waals surface area contributed by atoms with E-state index in [9.17, 15) is 4.79 Å². The van der Waals surface area contributed by atoms with Gasteiger partial charge in [0.05, 0.1) is 12.7 Å². The molecule has 0 unspecified atom stereocenters. The predicted octanol–water partition coefficient (Wildman–Crippen LogP) is 4.36. The van der Waals surface area contributed by atoms with Gasteiger partial charge < -0.3 is 10.1 Å². The molecule has 0 aliphatic rings. The van der Waals surface area contributed by atoms with Gasteiger partial charge >= 0.3 is 5.97 Å². The average molecular weight is 304 g/mol. The maximum Gasteiger partial charge on any atom is 0.340 e. The van der Waals surface area contributed by atoms with Crippen LogP contribution in [0.2, 0.25) is 5.02 Å². The van der Waals surface area contributed by atoms with E-state index in [-0.39, 0.29) is 0 Å². The quantitative estimate of drug-likeness (QED) is 0.853. The zero-order valence-corrected chi connectivity index (χ0v) is 13.1. The van der Waals surface area contributed by atoms with E-state index in [1.165, 1.54) is 23.8 Å². The topological polar surface area (TPSA) is 38.3 Å². The highest BCUT2D eigenvalue weighted by Gasteiger charge is 2.12. The summed E-state index contributed by atoms with van der Waals surface area (Å²) in [7, 11) is 1.36. The molecule has 0 aromatic heterocycles. The molecule has 0 aliphatic heterocycles. The van der Waals surface area contributed by atoms with E-state index < -0.39 is 5.97 Å². The second kappa shape index (κ2) is 6.64. The van der Waals surface area contributed by atoms with Crippen LogP contribution in [-0.2, 0) is 11.3 Å². The van der Waals surface area contributed by atoms with Crippen molar-refractivity contribution in [1.29, 1.82) is 0 Å². The number of benzene rings is 2. The molecule has 2 aromatic carbocycles. The Morgan fingerprint density at radius 3 is 2.62 bits per heavy atom. The van der Waals surface area contributed by atoms with Crippen LogP contribution in [0, 0.1) is 13.8 Å². The number of nitrogens with one attached hydrogen (secondary N) is 1. The van der Waals surface area contributed by atoms with Gasteiger partial charge in [-0.25, -0.2) is 4.79 Å². The Morgan fingerprint density at radius 1 is 1.19 bits per heavy atom. The molecule has 4 heteroatoms.